The summed E-state index contributed by atoms with van der Waals surface area (Å²) in [5.74, 6) is -0.994. The third kappa shape index (κ3) is 4.56. The summed E-state index contributed by atoms with van der Waals surface area (Å²) in [4.78, 5) is 16.9. The molecule has 0 aromatic heterocycles. The molecule has 0 bridgehead atoms. The van der Waals surface area contributed by atoms with Crippen LogP contribution in [0.15, 0.2) is 53.7 Å². The zero-order valence-corrected chi connectivity index (χ0v) is 12.5. The number of carbonyl (C=O) groups excluding carboxylic acids is 1. The van der Waals surface area contributed by atoms with Gasteiger partial charge in [0, 0.05) is 5.02 Å². The first kappa shape index (κ1) is 16.0. The Hall–Kier alpha value is -2.40. The molecule has 1 unspecified atom stereocenters. The Balaban J connectivity index is 1.89. The van der Waals surface area contributed by atoms with Crippen LogP contribution in [0.5, 0.6) is 0 Å². The summed E-state index contributed by atoms with van der Waals surface area (Å²) in [6.07, 6.45) is 0.603. The summed E-state index contributed by atoms with van der Waals surface area (Å²) in [6.45, 7) is 1.52. The number of hydrogen-bond acceptors (Lipinski definition) is 3. The highest BCUT2D eigenvalue weighted by atomic mass is 35.5. The number of nitrogens with one attached hydrogen (secondary N) is 1. The summed E-state index contributed by atoms with van der Waals surface area (Å²) in [6, 6.07) is 12.9. The smallest absolute Gasteiger partial charge is 0.268 e. The number of benzene rings is 2. The van der Waals surface area contributed by atoms with E-state index in [1.54, 1.807) is 36.4 Å². The molecule has 0 heterocycles. The van der Waals surface area contributed by atoms with Crippen molar-refractivity contribution >= 4 is 29.4 Å². The maximum Gasteiger partial charge on any atom is 0.268 e. The van der Waals surface area contributed by atoms with Crippen molar-refractivity contribution in [1.29, 1.82) is 0 Å². The van der Waals surface area contributed by atoms with Gasteiger partial charge >= 0.3 is 0 Å². The lowest BCUT2D eigenvalue weighted by Gasteiger charge is -2.10. The molecular formula is C16H14ClFN2O2. The molecule has 2 rings (SSSR count). The molecule has 0 spiro atoms. The van der Waals surface area contributed by atoms with Crippen LogP contribution in [-0.4, -0.2) is 18.2 Å². The number of hydrogen-bond donors (Lipinski definition) is 1. The average molecular weight is 321 g/mol. The Morgan fingerprint density at radius 1 is 1.27 bits per heavy atom. The number of carbonyl (C=O) groups is 1. The summed E-state index contributed by atoms with van der Waals surface area (Å²) < 4.78 is 13.4. The Morgan fingerprint density at radius 3 is 2.64 bits per heavy atom. The number of para-hydroxylation sites is 1. The number of anilines is 1. The number of halogens is 2. The van der Waals surface area contributed by atoms with Gasteiger partial charge in [-0.1, -0.05) is 41.0 Å². The van der Waals surface area contributed by atoms with Crippen molar-refractivity contribution in [2.75, 3.05) is 5.32 Å². The van der Waals surface area contributed by atoms with Crippen LogP contribution in [0.1, 0.15) is 12.5 Å². The minimum atomic E-state index is -0.858. The first-order chi connectivity index (χ1) is 10.6. The highest BCUT2D eigenvalue weighted by Crippen LogP contribution is 2.13. The molecule has 0 saturated carbocycles. The highest BCUT2D eigenvalue weighted by molar-refractivity contribution is 6.30. The lowest BCUT2D eigenvalue weighted by molar-refractivity contribution is -0.126. The van der Waals surface area contributed by atoms with Crippen molar-refractivity contribution in [3.05, 3.63) is 64.9 Å². The summed E-state index contributed by atoms with van der Waals surface area (Å²) >= 11 is 5.77. The molecule has 114 valence electrons. The Bertz CT molecular complexity index is 674. The van der Waals surface area contributed by atoms with Crippen LogP contribution in [0, 0.1) is 5.82 Å². The van der Waals surface area contributed by atoms with Gasteiger partial charge in [0.05, 0.1) is 11.9 Å². The predicted molar refractivity (Wildman–Crippen MR) is 84.6 cm³/mol. The third-order valence-electron chi connectivity index (χ3n) is 2.79. The van der Waals surface area contributed by atoms with Gasteiger partial charge in [0.15, 0.2) is 0 Å². The van der Waals surface area contributed by atoms with Gasteiger partial charge in [-0.15, -0.1) is 0 Å². The SMILES string of the molecule is CC(O/N=C/c1ccc(Cl)cc1)C(=O)Nc1ccccc1F. The predicted octanol–water partition coefficient (Wildman–Crippen LogP) is 3.86. The van der Waals surface area contributed by atoms with Gasteiger partial charge in [-0.3, -0.25) is 4.79 Å². The van der Waals surface area contributed by atoms with E-state index in [2.05, 4.69) is 10.5 Å². The monoisotopic (exact) mass is 320 g/mol. The van der Waals surface area contributed by atoms with E-state index in [-0.39, 0.29) is 5.69 Å². The first-order valence-electron chi connectivity index (χ1n) is 6.56. The van der Waals surface area contributed by atoms with E-state index in [0.29, 0.717) is 5.02 Å². The number of oxime groups is 1. The van der Waals surface area contributed by atoms with E-state index >= 15 is 0 Å². The highest BCUT2D eigenvalue weighted by Gasteiger charge is 2.15. The van der Waals surface area contributed by atoms with Crippen LogP contribution in [0.25, 0.3) is 0 Å². The van der Waals surface area contributed by atoms with Gasteiger partial charge in [0.2, 0.25) is 6.10 Å². The van der Waals surface area contributed by atoms with E-state index in [1.165, 1.54) is 25.3 Å². The van der Waals surface area contributed by atoms with Crippen LogP contribution in [0.4, 0.5) is 10.1 Å². The molecule has 0 saturated heterocycles. The Labute approximate surface area is 132 Å². The van der Waals surface area contributed by atoms with Gasteiger partial charge in [0.1, 0.15) is 5.82 Å². The van der Waals surface area contributed by atoms with E-state index in [0.717, 1.165) is 5.56 Å². The standard InChI is InChI=1S/C16H14ClFN2O2/c1-11(16(21)20-15-5-3-2-4-14(15)18)22-19-10-12-6-8-13(17)9-7-12/h2-11H,1H3,(H,20,21)/b19-10+. The molecule has 0 fully saturated rings. The first-order valence-corrected chi connectivity index (χ1v) is 6.94. The number of rotatable bonds is 5. The zero-order chi connectivity index (χ0) is 15.9. The Kier molecular flexibility index (Phi) is 5.49. The van der Waals surface area contributed by atoms with Crippen molar-refractivity contribution < 1.29 is 14.0 Å². The molecule has 0 aliphatic rings. The van der Waals surface area contributed by atoms with Crippen molar-refractivity contribution in [2.24, 2.45) is 5.16 Å². The topological polar surface area (TPSA) is 50.7 Å². The zero-order valence-electron chi connectivity index (χ0n) is 11.8. The molecule has 22 heavy (non-hydrogen) atoms. The summed E-state index contributed by atoms with van der Waals surface area (Å²) in [5, 5.41) is 6.79. The second kappa shape index (κ2) is 7.56. The molecule has 6 heteroatoms. The molecule has 1 amide bonds. The molecule has 0 radical (unpaired) electrons. The van der Waals surface area contributed by atoms with Crippen molar-refractivity contribution in [1.82, 2.24) is 0 Å². The van der Waals surface area contributed by atoms with Crippen LogP contribution >= 0.6 is 11.6 Å². The maximum atomic E-state index is 13.4. The molecule has 4 nitrogen and oxygen atoms in total. The number of amides is 1. The van der Waals surface area contributed by atoms with Gasteiger partial charge < -0.3 is 10.2 Å². The lowest BCUT2D eigenvalue weighted by atomic mass is 10.2. The lowest BCUT2D eigenvalue weighted by Crippen LogP contribution is -2.26. The van der Waals surface area contributed by atoms with E-state index < -0.39 is 17.8 Å². The summed E-state index contributed by atoms with van der Waals surface area (Å²) in [7, 11) is 0. The fourth-order valence-electron chi connectivity index (χ4n) is 1.58. The van der Waals surface area contributed by atoms with Gasteiger partial charge in [-0.05, 0) is 36.8 Å². The molecule has 2 aromatic carbocycles. The summed E-state index contributed by atoms with van der Waals surface area (Å²) in [5.41, 5.74) is 0.885. The Morgan fingerprint density at radius 2 is 1.95 bits per heavy atom. The maximum absolute atomic E-state index is 13.4. The number of nitrogens with zero attached hydrogens (tertiary/aromatic N) is 1. The quantitative estimate of drug-likeness (QED) is 0.672. The molecule has 1 atom stereocenters. The normalized spacial score (nSPS) is 12.1. The second-order valence-electron chi connectivity index (χ2n) is 4.50. The van der Waals surface area contributed by atoms with Crippen molar-refractivity contribution in [2.45, 2.75) is 13.0 Å². The molecule has 2 aromatic rings. The van der Waals surface area contributed by atoms with E-state index in [9.17, 15) is 9.18 Å². The fraction of sp³-hybridized carbons (Fsp3) is 0.125. The minimum Gasteiger partial charge on any atom is -0.383 e. The van der Waals surface area contributed by atoms with Crippen LogP contribution in [-0.2, 0) is 9.63 Å². The van der Waals surface area contributed by atoms with Gasteiger partial charge in [0.25, 0.3) is 5.91 Å². The fourth-order valence-corrected chi connectivity index (χ4v) is 1.70. The van der Waals surface area contributed by atoms with Crippen LogP contribution in [0.3, 0.4) is 0 Å². The van der Waals surface area contributed by atoms with Crippen molar-refractivity contribution in [3.63, 3.8) is 0 Å². The molecular weight excluding hydrogens is 307 g/mol. The minimum absolute atomic E-state index is 0.102. The molecule has 0 aliphatic carbocycles. The van der Waals surface area contributed by atoms with Crippen LogP contribution in [0.2, 0.25) is 5.02 Å². The average Bonchev–Trinajstić information content (AvgIpc) is 2.51. The largest absolute Gasteiger partial charge is 0.383 e. The third-order valence-corrected chi connectivity index (χ3v) is 3.04. The van der Waals surface area contributed by atoms with Crippen molar-refractivity contribution in [3.8, 4) is 0 Å². The second-order valence-corrected chi connectivity index (χ2v) is 4.94. The van der Waals surface area contributed by atoms with E-state index in [4.69, 9.17) is 16.4 Å². The molecule has 0 aliphatic heterocycles. The van der Waals surface area contributed by atoms with E-state index in [1.807, 2.05) is 0 Å². The molecule has 1 N–H and O–H groups in total. The van der Waals surface area contributed by atoms with Gasteiger partial charge in [-0.25, -0.2) is 4.39 Å². The van der Waals surface area contributed by atoms with Crippen LogP contribution < -0.4 is 5.32 Å². The van der Waals surface area contributed by atoms with Gasteiger partial charge in [-0.2, -0.15) is 0 Å².